The maximum atomic E-state index is 6.00. The lowest BCUT2D eigenvalue weighted by molar-refractivity contribution is 0.948. The van der Waals surface area contributed by atoms with Crippen LogP contribution in [0.15, 0.2) is 109 Å². The number of rotatable bonds is 9. The smallest absolute Gasteiger partial charge is 0.0392 e. The molecule has 2 heteroatoms. The highest BCUT2D eigenvalue weighted by Crippen LogP contribution is 2.17. The second kappa shape index (κ2) is 10.8. The van der Waals surface area contributed by atoms with Gasteiger partial charge in [0.05, 0.1) is 0 Å². The minimum Gasteiger partial charge on any atom is -0.399 e. The summed E-state index contributed by atoms with van der Waals surface area (Å²) in [4.78, 5) is 2.33. The largest absolute Gasteiger partial charge is 0.399 e. The molecule has 0 amide bonds. The van der Waals surface area contributed by atoms with Crippen molar-refractivity contribution in [2.24, 2.45) is 0 Å². The zero-order chi connectivity index (χ0) is 19.4. The molecule has 3 aromatic carbocycles. The molecular formula is C26H28N2. The quantitative estimate of drug-likeness (QED) is 0.389. The van der Waals surface area contributed by atoms with Gasteiger partial charge >= 0.3 is 0 Å². The Morgan fingerprint density at radius 2 is 1.14 bits per heavy atom. The molecule has 3 aromatic rings. The Labute approximate surface area is 168 Å². The van der Waals surface area contributed by atoms with Crippen LogP contribution in [0.2, 0.25) is 0 Å². The van der Waals surface area contributed by atoms with E-state index in [-0.39, 0.29) is 0 Å². The van der Waals surface area contributed by atoms with Crippen LogP contribution in [0.5, 0.6) is 0 Å². The summed E-state index contributed by atoms with van der Waals surface area (Å²) in [5.41, 5.74) is 10.6. The predicted octanol–water partition coefficient (Wildman–Crippen LogP) is 5.67. The molecule has 3 rings (SSSR count). The van der Waals surface area contributed by atoms with Crippen LogP contribution in [0.1, 0.15) is 11.1 Å². The lowest BCUT2D eigenvalue weighted by Gasteiger charge is -2.22. The number of hydrogen-bond acceptors (Lipinski definition) is 2. The van der Waals surface area contributed by atoms with E-state index < -0.39 is 0 Å². The van der Waals surface area contributed by atoms with Crippen LogP contribution in [-0.2, 0) is 12.8 Å². The number of allylic oxidation sites excluding steroid dienone is 2. The first-order valence-electron chi connectivity index (χ1n) is 9.79. The number of hydrogen-bond donors (Lipinski definition) is 1. The Kier molecular flexibility index (Phi) is 7.51. The third kappa shape index (κ3) is 6.48. The van der Waals surface area contributed by atoms with Crippen molar-refractivity contribution in [3.8, 4) is 0 Å². The molecule has 0 radical (unpaired) electrons. The summed E-state index contributed by atoms with van der Waals surface area (Å²) in [6.45, 7) is 1.71. The van der Waals surface area contributed by atoms with E-state index in [2.05, 4.69) is 95.9 Å². The van der Waals surface area contributed by atoms with Gasteiger partial charge in [-0.1, -0.05) is 91.0 Å². The maximum Gasteiger partial charge on any atom is 0.0392 e. The second-order valence-corrected chi connectivity index (χ2v) is 6.82. The van der Waals surface area contributed by atoms with Crippen LogP contribution in [0.3, 0.4) is 0 Å². The molecule has 0 bridgehead atoms. The molecule has 0 aromatic heterocycles. The standard InChI is InChI=1S/C26H28N2/c27-25-18-11-19-26(22-25)28(20-9-7-16-23-12-3-1-4-13-23)21-10-8-17-24-14-5-2-6-15-24/h1-15,18-19,22H,16-17,20-21,27H2. The highest BCUT2D eigenvalue weighted by atomic mass is 15.1. The van der Waals surface area contributed by atoms with Crippen molar-refractivity contribution in [3.63, 3.8) is 0 Å². The predicted molar refractivity (Wildman–Crippen MR) is 122 cm³/mol. The zero-order valence-corrected chi connectivity index (χ0v) is 16.2. The first-order chi connectivity index (χ1) is 13.8. The molecule has 0 saturated heterocycles. The minimum atomic E-state index is 0.795. The van der Waals surface area contributed by atoms with E-state index in [1.807, 2.05) is 18.2 Å². The summed E-state index contributed by atoms with van der Waals surface area (Å²) in [6, 6.07) is 29.2. The summed E-state index contributed by atoms with van der Waals surface area (Å²) in [7, 11) is 0. The van der Waals surface area contributed by atoms with E-state index in [0.29, 0.717) is 0 Å². The van der Waals surface area contributed by atoms with Gasteiger partial charge in [-0.3, -0.25) is 0 Å². The molecule has 0 atom stereocenters. The fourth-order valence-corrected chi connectivity index (χ4v) is 3.08. The molecule has 0 heterocycles. The average Bonchev–Trinajstić information content (AvgIpc) is 2.74. The Morgan fingerprint density at radius 3 is 1.64 bits per heavy atom. The Bertz CT molecular complexity index is 829. The minimum absolute atomic E-state index is 0.795. The lowest BCUT2D eigenvalue weighted by Crippen LogP contribution is -2.23. The number of nitrogen functional groups attached to an aromatic ring is 1. The van der Waals surface area contributed by atoms with Crippen LogP contribution in [-0.4, -0.2) is 13.1 Å². The molecule has 28 heavy (non-hydrogen) atoms. The summed E-state index contributed by atoms with van der Waals surface area (Å²) >= 11 is 0. The summed E-state index contributed by atoms with van der Waals surface area (Å²) in [5, 5.41) is 0. The lowest BCUT2D eigenvalue weighted by atomic mass is 10.1. The zero-order valence-electron chi connectivity index (χ0n) is 16.2. The number of nitrogens with zero attached hydrogens (tertiary/aromatic N) is 1. The number of benzene rings is 3. The molecule has 0 aliphatic heterocycles. The van der Waals surface area contributed by atoms with Gasteiger partial charge < -0.3 is 10.6 Å². The van der Waals surface area contributed by atoms with Crippen LogP contribution in [0.25, 0.3) is 0 Å². The van der Waals surface area contributed by atoms with E-state index >= 15 is 0 Å². The maximum absolute atomic E-state index is 6.00. The van der Waals surface area contributed by atoms with E-state index in [9.17, 15) is 0 Å². The molecule has 2 nitrogen and oxygen atoms in total. The summed E-state index contributed by atoms with van der Waals surface area (Å²) < 4.78 is 0. The van der Waals surface area contributed by atoms with Gasteiger partial charge in [0, 0.05) is 24.5 Å². The van der Waals surface area contributed by atoms with Crippen LogP contribution < -0.4 is 10.6 Å². The monoisotopic (exact) mass is 368 g/mol. The Hall–Kier alpha value is -3.26. The van der Waals surface area contributed by atoms with Gasteiger partial charge in [0.15, 0.2) is 0 Å². The summed E-state index contributed by atoms with van der Waals surface area (Å²) in [6.07, 6.45) is 10.9. The van der Waals surface area contributed by atoms with Crippen LogP contribution >= 0.6 is 0 Å². The fourth-order valence-electron chi connectivity index (χ4n) is 3.08. The van der Waals surface area contributed by atoms with E-state index in [1.165, 1.54) is 11.1 Å². The van der Waals surface area contributed by atoms with Gasteiger partial charge in [0.25, 0.3) is 0 Å². The molecule has 0 saturated carbocycles. The second-order valence-electron chi connectivity index (χ2n) is 6.82. The Morgan fingerprint density at radius 1 is 0.607 bits per heavy atom. The molecule has 0 fully saturated rings. The van der Waals surface area contributed by atoms with Crippen molar-refractivity contribution in [2.45, 2.75) is 12.8 Å². The van der Waals surface area contributed by atoms with Crippen molar-refractivity contribution in [1.29, 1.82) is 0 Å². The van der Waals surface area contributed by atoms with Crippen molar-refractivity contribution in [2.75, 3.05) is 23.7 Å². The molecule has 142 valence electrons. The van der Waals surface area contributed by atoms with Crippen molar-refractivity contribution < 1.29 is 0 Å². The topological polar surface area (TPSA) is 29.3 Å². The highest BCUT2D eigenvalue weighted by Gasteiger charge is 2.03. The molecule has 2 N–H and O–H groups in total. The third-order valence-corrected chi connectivity index (χ3v) is 4.61. The average molecular weight is 369 g/mol. The van der Waals surface area contributed by atoms with E-state index in [1.54, 1.807) is 0 Å². The van der Waals surface area contributed by atoms with E-state index in [4.69, 9.17) is 5.73 Å². The third-order valence-electron chi connectivity index (χ3n) is 4.61. The Balaban J connectivity index is 1.60. The van der Waals surface area contributed by atoms with E-state index in [0.717, 1.165) is 37.3 Å². The number of anilines is 2. The highest BCUT2D eigenvalue weighted by molar-refractivity contribution is 5.56. The molecule has 0 aliphatic carbocycles. The van der Waals surface area contributed by atoms with Crippen LogP contribution in [0.4, 0.5) is 11.4 Å². The normalized spacial score (nSPS) is 11.3. The SMILES string of the molecule is Nc1cccc(N(CC=CCc2ccccc2)CC=CCc2ccccc2)c1. The molecular weight excluding hydrogens is 340 g/mol. The van der Waals surface area contributed by atoms with Crippen molar-refractivity contribution in [1.82, 2.24) is 0 Å². The fraction of sp³-hybridized carbons (Fsp3) is 0.154. The van der Waals surface area contributed by atoms with Crippen molar-refractivity contribution >= 4 is 11.4 Å². The van der Waals surface area contributed by atoms with Gasteiger partial charge in [0.1, 0.15) is 0 Å². The van der Waals surface area contributed by atoms with Gasteiger partial charge in [-0.25, -0.2) is 0 Å². The van der Waals surface area contributed by atoms with Gasteiger partial charge in [-0.15, -0.1) is 0 Å². The van der Waals surface area contributed by atoms with Crippen LogP contribution in [0, 0.1) is 0 Å². The van der Waals surface area contributed by atoms with Gasteiger partial charge in [-0.05, 0) is 42.2 Å². The van der Waals surface area contributed by atoms with Crippen molar-refractivity contribution in [3.05, 3.63) is 120 Å². The van der Waals surface area contributed by atoms with Gasteiger partial charge in [-0.2, -0.15) is 0 Å². The first kappa shape index (κ1) is 19.5. The molecule has 0 spiro atoms. The summed E-state index contributed by atoms with van der Waals surface area (Å²) in [5.74, 6) is 0. The number of nitrogens with two attached hydrogens (primary N) is 1. The molecule has 0 aliphatic rings. The first-order valence-corrected chi connectivity index (χ1v) is 9.79. The van der Waals surface area contributed by atoms with Gasteiger partial charge in [0.2, 0.25) is 0 Å². The molecule has 0 unspecified atom stereocenters.